The molecule has 3 nitrogen and oxygen atoms in total. The number of anilines is 3. The second-order valence-corrected chi connectivity index (χ2v) is 16.9. The van der Waals surface area contributed by atoms with Crippen LogP contribution in [-0.2, 0) is 0 Å². The first-order valence-electron chi connectivity index (χ1n) is 22.2. The SMILES string of the molecule is c1ccc(N(c2ccc(-c3ccc4c(c3)oc3ccccc34)cc2)c2ccc(-c3ccccc3-n3c4ccccc4c4ccccc43)cc2)c(-c2ccc3c(ccc4ccccc43)c2)c1. The lowest BCUT2D eigenvalue weighted by Gasteiger charge is -2.28. The maximum atomic E-state index is 6.29. The molecule has 0 aliphatic carbocycles. The van der Waals surface area contributed by atoms with Crippen LogP contribution in [-0.4, -0.2) is 4.57 Å². The molecule has 0 aliphatic rings. The summed E-state index contributed by atoms with van der Waals surface area (Å²) in [5.41, 5.74) is 15.5. The van der Waals surface area contributed by atoms with Gasteiger partial charge in [-0.2, -0.15) is 0 Å². The van der Waals surface area contributed by atoms with Gasteiger partial charge in [-0.25, -0.2) is 0 Å². The summed E-state index contributed by atoms with van der Waals surface area (Å²) >= 11 is 0. The summed E-state index contributed by atoms with van der Waals surface area (Å²) in [5, 5.41) is 9.78. The molecule has 0 N–H and O–H groups in total. The molecule has 13 rings (SSSR count). The van der Waals surface area contributed by atoms with E-state index in [9.17, 15) is 0 Å². The third-order valence-corrected chi connectivity index (χ3v) is 13.2. The first-order valence-corrected chi connectivity index (χ1v) is 22.2. The van der Waals surface area contributed by atoms with E-state index in [1.165, 1.54) is 54.5 Å². The molecule has 0 fully saturated rings. The average molecular weight is 829 g/mol. The van der Waals surface area contributed by atoms with Crippen LogP contribution < -0.4 is 4.90 Å². The largest absolute Gasteiger partial charge is 0.456 e. The third kappa shape index (κ3) is 6.12. The number of benzene rings is 11. The summed E-state index contributed by atoms with van der Waals surface area (Å²) in [4.78, 5) is 2.40. The van der Waals surface area contributed by atoms with Gasteiger partial charge in [-0.1, -0.05) is 170 Å². The Morgan fingerprint density at radius 3 is 1.60 bits per heavy atom. The summed E-state index contributed by atoms with van der Waals surface area (Å²) in [6.45, 7) is 0. The molecule has 0 saturated carbocycles. The fraction of sp³-hybridized carbons (Fsp3) is 0. The molecule has 65 heavy (non-hydrogen) atoms. The number of para-hydroxylation sites is 5. The smallest absolute Gasteiger partial charge is 0.136 e. The summed E-state index contributed by atoms with van der Waals surface area (Å²) < 4.78 is 8.71. The van der Waals surface area contributed by atoms with E-state index in [0.29, 0.717) is 0 Å². The zero-order valence-corrected chi connectivity index (χ0v) is 35.4. The normalized spacial score (nSPS) is 11.7. The zero-order chi connectivity index (χ0) is 42.8. The highest BCUT2D eigenvalue weighted by atomic mass is 16.3. The number of hydrogen-bond donors (Lipinski definition) is 0. The highest BCUT2D eigenvalue weighted by molar-refractivity contribution is 6.11. The summed E-state index contributed by atoms with van der Waals surface area (Å²) in [6, 6.07) is 87.8. The van der Waals surface area contributed by atoms with Gasteiger partial charge in [0.05, 0.1) is 22.4 Å². The van der Waals surface area contributed by atoms with E-state index in [-0.39, 0.29) is 0 Å². The Kier molecular flexibility index (Phi) is 8.53. The highest BCUT2D eigenvalue weighted by Crippen LogP contribution is 2.44. The first kappa shape index (κ1) is 36.9. The quantitative estimate of drug-likeness (QED) is 0.149. The summed E-state index contributed by atoms with van der Waals surface area (Å²) in [6.07, 6.45) is 0. The molecule has 0 spiro atoms. The van der Waals surface area contributed by atoms with Crippen molar-refractivity contribution in [1.82, 2.24) is 4.57 Å². The zero-order valence-electron chi connectivity index (χ0n) is 35.4. The standard InChI is InChI=1S/C62H40N2O/c1-2-14-49-42(13-1)25-26-45-39-46(32-37-50(45)49)52-16-4-8-20-57(52)63(47-33-27-41(28-34-47)44-31-38-56-55-19-7-12-24-61(55)65-62(56)40-44)48-35-29-43(30-36-48)51-15-3-9-21-58(51)64-59-22-10-5-17-53(59)54-18-6-11-23-60(54)64/h1-40H. The van der Waals surface area contributed by atoms with Crippen LogP contribution in [0.2, 0.25) is 0 Å². The van der Waals surface area contributed by atoms with Gasteiger partial charge in [0.15, 0.2) is 0 Å². The Hall–Kier alpha value is -8.66. The van der Waals surface area contributed by atoms with Crippen LogP contribution in [0.4, 0.5) is 17.1 Å². The molecule has 0 unspecified atom stereocenters. The van der Waals surface area contributed by atoms with Gasteiger partial charge in [-0.15, -0.1) is 0 Å². The Labute approximate surface area is 376 Å². The van der Waals surface area contributed by atoms with E-state index in [2.05, 4.69) is 240 Å². The maximum absolute atomic E-state index is 6.29. The number of rotatable bonds is 7. The van der Waals surface area contributed by atoms with Crippen molar-refractivity contribution in [3.05, 3.63) is 243 Å². The van der Waals surface area contributed by atoms with E-state index in [4.69, 9.17) is 4.42 Å². The minimum Gasteiger partial charge on any atom is -0.456 e. The van der Waals surface area contributed by atoms with Gasteiger partial charge >= 0.3 is 0 Å². The van der Waals surface area contributed by atoms with E-state index in [1.807, 2.05) is 12.1 Å². The lowest BCUT2D eigenvalue weighted by Crippen LogP contribution is -2.11. The third-order valence-electron chi connectivity index (χ3n) is 13.2. The van der Waals surface area contributed by atoms with Crippen molar-refractivity contribution in [3.63, 3.8) is 0 Å². The lowest BCUT2D eigenvalue weighted by atomic mass is 9.96. The van der Waals surface area contributed by atoms with Crippen LogP contribution in [0.15, 0.2) is 247 Å². The molecule has 304 valence electrons. The number of furan rings is 1. The highest BCUT2D eigenvalue weighted by Gasteiger charge is 2.20. The fourth-order valence-corrected chi connectivity index (χ4v) is 10.1. The molecule has 0 saturated heterocycles. The molecule has 0 aliphatic heterocycles. The van der Waals surface area contributed by atoms with Gasteiger partial charge in [0.2, 0.25) is 0 Å². The number of fused-ring (bicyclic) bond motifs is 9. The van der Waals surface area contributed by atoms with Crippen LogP contribution >= 0.6 is 0 Å². The fourth-order valence-electron chi connectivity index (χ4n) is 10.1. The molecule has 11 aromatic carbocycles. The summed E-state index contributed by atoms with van der Waals surface area (Å²) in [5.74, 6) is 0. The van der Waals surface area contributed by atoms with Gasteiger partial charge in [0, 0.05) is 44.0 Å². The number of hydrogen-bond acceptors (Lipinski definition) is 2. The Bertz CT molecular complexity index is 3900. The van der Waals surface area contributed by atoms with E-state index >= 15 is 0 Å². The maximum Gasteiger partial charge on any atom is 0.136 e. The minimum atomic E-state index is 0.895. The van der Waals surface area contributed by atoms with E-state index in [0.717, 1.165) is 66.9 Å². The van der Waals surface area contributed by atoms with Gasteiger partial charge in [-0.05, 0) is 117 Å². The van der Waals surface area contributed by atoms with Crippen LogP contribution in [0.5, 0.6) is 0 Å². The molecular formula is C62H40N2O. The minimum absolute atomic E-state index is 0.895. The Morgan fingerprint density at radius 2 is 0.831 bits per heavy atom. The molecule has 2 aromatic heterocycles. The van der Waals surface area contributed by atoms with Crippen molar-refractivity contribution in [3.8, 4) is 39.1 Å². The van der Waals surface area contributed by atoms with Crippen molar-refractivity contribution in [2.75, 3.05) is 4.90 Å². The summed E-state index contributed by atoms with van der Waals surface area (Å²) in [7, 11) is 0. The molecule has 0 amide bonds. The Morgan fingerprint density at radius 1 is 0.308 bits per heavy atom. The second kappa shape index (κ2) is 15.0. The number of nitrogens with zero attached hydrogens (tertiary/aromatic N) is 2. The molecule has 2 heterocycles. The monoisotopic (exact) mass is 828 g/mol. The van der Waals surface area contributed by atoms with Gasteiger partial charge < -0.3 is 13.9 Å². The van der Waals surface area contributed by atoms with E-state index in [1.54, 1.807) is 0 Å². The average Bonchev–Trinajstić information content (AvgIpc) is 3.92. The van der Waals surface area contributed by atoms with Crippen LogP contribution in [0.25, 0.3) is 104 Å². The van der Waals surface area contributed by atoms with Gasteiger partial charge in [0.25, 0.3) is 0 Å². The molecule has 0 radical (unpaired) electrons. The van der Waals surface area contributed by atoms with Crippen LogP contribution in [0, 0.1) is 0 Å². The molecule has 3 heteroatoms. The van der Waals surface area contributed by atoms with Gasteiger partial charge in [-0.3, -0.25) is 0 Å². The van der Waals surface area contributed by atoms with Crippen LogP contribution in [0.3, 0.4) is 0 Å². The van der Waals surface area contributed by atoms with Gasteiger partial charge in [0.1, 0.15) is 11.2 Å². The Balaban J connectivity index is 0.939. The molecule has 0 bridgehead atoms. The van der Waals surface area contributed by atoms with Crippen molar-refractivity contribution in [2.24, 2.45) is 0 Å². The van der Waals surface area contributed by atoms with Crippen molar-refractivity contribution in [1.29, 1.82) is 0 Å². The van der Waals surface area contributed by atoms with E-state index < -0.39 is 0 Å². The predicted octanol–water partition coefficient (Wildman–Crippen LogP) is 17.5. The first-order chi connectivity index (χ1) is 32.2. The molecule has 13 aromatic rings. The van der Waals surface area contributed by atoms with Crippen molar-refractivity contribution in [2.45, 2.75) is 0 Å². The lowest BCUT2D eigenvalue weighted by molar-refractivity contribution is 0.669. The second-order valence-electron chi connectivity index (χ2n) is 16.9. The van der Waals surface area contributed by atoms with Crippen LogP contribution in [0.1, 0.15) is 0 Å². The van der Waals surface area contributed by atoms with Crippen molar-refractivity contribution < 1.29 is 4.42 Å². The van der Waals surface area contributed by atoms with Crippen molar-refractivity contribution >= 4 is 82.4 Å². The topological polar surface area (TPSA) is 21.3 Å². The molecule has 0 atom stereocenters. The predicted molar refractivity (Wildman–Crippen MR) is 274 cm³/mol. The molecular weight excluding hydrogens is 789 g/mol. The number of aromatic nitrogens is 1.